The van der Waals surface area contributed by atoms with Crippen LogP contribution < -0.4 is 0 Å². The fourth-order valence-corrected chi connectivity index (χ4v) is 1.34. The van der Waals surface area contributed by atoms with Gasteiger partial charge < -0.3 is 5.11 Å². The minimum Gasteiger partial charge on any atom is -0.481 e. The molecule has 0 atom stereocenters. The number of hydrogen-bond acceptors (Lipinski definition) is 5. The van der Waals surface area contributed by atoms with Crippen LogP contribution in [0.3, 0.4) is 0 Å². The summed E-state index contributed by atoms with van der Waals surface area (Å²) in [6, 6.07) is 0. The van der Waals surface area contributed by atoms with E-state index in [0.717, 1.165) is 0 Å². The smallest absolute Gasteiger partial charge is 0.459 e. The van der Waals surface area contributed by atoms with Gasteiger partial charge in [-0.25, -0.2) is 0 Å². The fourth-order valence-electron chi connectivity index (χ4n) is 1.34. The number of unbranched alkanes of at least 4 members (excludes halogenated alkanes) is 1. The highest BCUT2D eigenvalue weighted by molar-refractivity contribution is 5.66. The van der Waals surface area contributed by atoms with Crippen LogP contribution in [0.2, 0.25) is 0 Å². The van der Waals surface area contributed by atoms with Gasteiger partial charge in [-0.3, -0.25) is 25.0 Å². The highest BCUT2D eigenvalue weighted by atomic mass is 16.7. The second kappa shape index (κ2) is 6.42. The summed E-state index contributed by atoms with van der Waals surface area (Å²) >= 11 is 0. The molecule has 0 saturated heterocycles. The lowest BCUT2D eigenvalue weighted by Crippen LogP contribution is -2.46. The molecule has 0 saturated carbocycles. The first-order chi connectivity index (χ1) is 7.86. The van der Waals surface area contributed by atoms with Gasteiger partial charge in [0, 0.05) is 6.42 Å². The van der Waals surface area contributed by atoms with Gasteiger partial charge >= 0.3 is 11.6 Å². The van der Waals surface area contributed by atoms with Crippen LogP contribution in [0.5, 0.6) is 0 Å². The average molecular weight is 244 g/mol. The molecule has 8 nitrogen and oxygen atoms in total. The van der Waals surface area contributed by atoms with E-state index in [1.807, 2.05) is 0 Å². The SMILES string of the molecule is C#CCCCC(CCC(=O)O)([N+](=O)[O-])[N+](=O)[O-]. The van der Waals surface area contributed by atoms with Gasteiger partial charge in [-0.15, -0.1) is 12.3 Å². The van der Waals surface area contributed by atoms with Gasteiger partial charge in [0.25, 0.3) is 0 Å². The van der Waals surface area contributed by atoms with Crippen LogP contribution in [0.4, 0.5) is 0 Å². The van der Waals surface area contributed by atoms with Crippen molar-refractivity contribution in [2.45, 2.75) is 37.8 Å². The molecule has 0 aromatic heterocycles. The van der Waals surface area contributed by atoms with E-state index in [0.29, 0.717) is 0 Å². The highest BCUT2D eigenvalue weighted by Gasteiger charge is 2.54. The molecule has 0 radical (unpaired) electrons. The summed E-state index contributed by atoms with van der Waals surface area (Å²) in [4.78, 5) is 29.9. The summed E-state index contributed by atoms with van der Waals surface area (Å²) in [5, 5.41) is 30.0. The lowest BCUT2D eigenvalue weighted by Gasteiger charge is -2.15. The molecule has 0 bridgehead atoms. The Kier molecular flexibility index (Phi) is 5.60. The number of carbonyl (C=O) groups is 1. The Bertz CT molecular complexity index is 345. The fraction of sp³-hybridized carbons (Fsp3) is 0.667. The molecule has 0 spiro atoms. The molecule has 1 N–H and O–H groups in total. The van der Waals surface area contributed by atoms with Crippen molar-refractivity contribution in [1.82, 2.24) is 0 Å². The molecule has 8 heteroatoms. The maximum absolute atomic E-state index is 10.8. The van der Waals surface area contributed by atoms with Gasteiger partial charge in [0.1, 0.15) is 0 Å². The number of aliphatic carboxylic acids is 1. The molecule has 0 heterocycles. The van der Waals surface area contributed by atoms with E-state index in [2.05, 4.69) is 5.92 Å². The number of nitro groups is 2. The first-order valence-electron chi connectivity index (χ1n) is 4.81. The monoisotopic (exact) mass is 244 g/mol. The minimum atomic E-state index is -2.45. The van der Waals surface area contributed by atoms with E-state index >= 15 is 0 Å². The van der Waals surface area contributed by atoms with Gasteiger partial charge in [-0.2, -0.15) is 0 Å². The zero-order valence-electron chi connectivity index (χ0n) is 9.00. The Morgan fingerprint density at radius 1 is 1.29 bits per heavy atom. The second-order valence-corrected chi connectivity index (χ2v) is 3.45. The van der Waals surface area contributed by atoms with Crippen molar-refractivity contribution in [3.05, 3.63) is 20.2 Å². The van der Waals surface area contributed by atoms with Crippen LogP contribution in [-0.2, 0) is 4.79 Å². The molecule has 0 amide bonds. The van der Waals surface area contributed by atoms with Crippen LogP contribution in [0.1, 0.15) is 32.1 Å². The number of carboxylic acid groups (broad SMARTS) is 1. The van der Waals surface area contributed by atoms with Crippen LogP contribution in [0.25, 0.3) is 0 Å². The first-order valence-corrected chi connectivity index (χ1v) is 4.81. The van der Waals surface area contributed by atoms with Crippen LogP contribution >= 0.6 is 0 Å². The number of rotatable bonds is 8. The molecule has 0 rings (SSSR count). The third-order valence-corrected chi connectivity index (χ3v) is 2.32. The van der Waals surface area contributed by atoms with E-state index in [9.17, 15) is 25.0 Å². The van der Waals surface area contributed by atoms with E-state index in [1.54, 1.807) is 0 Å². The maximum Gasteiger partial charge on any atom is 0.459 e. The lowest BCUT2D eigenvalue weighted by atomic mass is 9.98. The van der Waals surface area contributed by atoms with Gasteiger partial charge in [-0.05, 0) is 6.42 Å². The quantitative estimate of drug-likeness (QED) is 0.222. The number of nitrogens with zero attached hydrogens (tertiary/aromatic N) is 2. The standard InChI is InChI=1S/C9H12N2O6/c1-2-3-4-6-9(10(14)15,11(16)17)7-5-8(12)13/h1H,3-7H2,(H,12,13). The molecular formula is C9H12N2O6. The topological polar surface area (TPSA) is 124 Å². The van der Waals surface area contributed by atoms with Gasteiger partial charge in [0.15, 0.2) is 0 Å². The zero-order valence-corrected chi connectivity index (χ0v) is 9.00. The van der Waals surface area contributed by atoms with Crippen LogP contribution in [-0.4, -0.2) is 26.6 Å². The van der Waals surface area contributed by atoms with Crippen molar-refractivity contribution in [3.8, 4) is 12.3 Å². The molecule has 0 aliphatic heterocycles. The Hall–Kier alpha value is -2.17. The lowest BCUT2D eigenvalue weighted by molar-refractivity contribution is -0.798. The summed E-state index contributed by atoms with van der Waals surface area (Å²) in [6.07, 6.45) is 3.59. The second-order valence-electron chi connectivity index (χ2n) is 3.45. The Balaban J connectivity index is 4.87. The number of hydrogen-bond donors (Lipinski definition) is 1. The van der Waals surface area contributed by atoms with Crippen molar-refractivity contribution in [2.24, 2.45) is 0 Å². The molecule has 94 valence electrons. The molecule has 17 heavy (non-hydrogen) atoms. The molecule has 0 aromatic carbocycles. The average Bonchev–Trinajstić information content (AvgIpc) is 2.22. The molecule has 0 aliphatic carbocycles. The Labute approximate surface area is 96.9 Å². The summed E-state index contributed by atoms with van der Waals surface area (Å²) in [6.45, 7) is 0. The summed E-state index contributed by atoms with van der Waals surface area (Å²) < 4.78 is 0. The normalized spacial score (nSPS) is 10.5. The number of carboxylic acids is 1. The van der Waals surface area contributed by atoms with Crippen molar-refractivity contribution in [2.75, 3.05) is 0 Å². The molecule has 0 fully saturated rings. The zero-order chi connectivity index (χ0) is 13.5. The molecular weight excluding hydrogens is 232 g/mol. The van der Waals surface area contributed by atoms with Crippen LogP contribution in [0.15, 0.2) is 0 Å². The van der Waals surface area contributed by atoms with E-state index in [4.69, 9.17) is 11.5 Å². The molecule has 0 unspecified atom stereocenters. The maximum atomic E-state index is 10.8. The first kappa shape index (κ1) is 14.8. The summed E-state index contributed by atoms with van der Waals surface area (Å²) in [5.41, 5.74) is -2.45. The van der Waals surface area contributed by atoms with Crippen molar-refractivity contribution < 1.29 is 19.7 Å². The highest BCUT2D eigenvalue weighted by Crippen LogP contribution is 2.25. The van der Waals surface area contributed by atoms with E-state index in [1.165, 1.54) is 0 Å². The van der Waals surface area contributed by atoms with Crippen molar-refractivity contribution in [1.29, 1.82) is 0 Å². The largest absolute Gasteiger partial charge is 0.481 e. The van der Waals surface area contributed by atoms with Gasteiger partial charge in [-0.1, -0.05) is 0 Å². The van der Waals surface area contributed by atoms with Crippen molar-refractivity contribution in [3.63, 3.8) is 0 Å². The third-order valence-electron chi connectivity index (χ3n) is 2.32. The predicted molar refractivity (Wildman–Crippen MR) is 56.3 cm³/mol. The van der Waals surface area contributed by atoms with Gasteiger partial charge in [0.2, 0.25) is 0 Å². The van der Waals surface area contributed by atoms with Gasteiger partial charge in [0.05, 0.1) is 29.1 Å². The molecule has 0 aliphatic rings. The summed E-state index contributed by atoms with van der Waals surface area (Å²) in [7, 11) is 0. The van der Waals surface area contributed by atoms with Crippen LogP contribution in [0, 0.1) is 32.6 Å². The number of terminal acetylenes is 1. The third kappa shape index (κ3) is 4.06. The van der Waals surface area contributed by atoms with E-state index < -0.39 is 34.3 Å². The summed E-state index contributed by atoms with van der Waals surface area (Å²) in [5.74, 6) is 0.911. The minimum absolute atomic E-state index is 0.109. The predicted octanol–water partition coefficient (Wildman–Crippen LogP) is 0.904. The Morgan fingerprint density at radius 3 is 2.18 bits per heavy atom. The Morgan fingerprint density at radius 2 is 1.82 bits per heavy atom. The molecule has 0 aromatic rings. The van der Waals surface area contributed by atoms with Crippen molar-refractivity contribution >= 4 is 5.97 Å². The van der Waals surface area contributed by atoms with E-state index in [-0.39, 0.29) is 19.3 Å².